The van der Waals surface area contributed by atoms with Crippen LogP contribution in [-0.4, -0.2) is 54.6 Å². The number of ether oxygens (including phenoxy) is 2. The Balaban J connectivity index is 3.12. The smallest absolute Gasteiger partial charge is 0.437 e. The molecule has 160 valence electrons. The average molecular weight is 401 g/mol. The molecule has 1 aliphatic rings. The maximum Gasteiger partial charge on any atom is 0.437 e. The van der Waals surface area contributed by atoms with E-state index < -0.39 is 43.1 Å². The number of rotatable bonds is 0. The third-order valence-corrected chi connectivity index (χ3v) is 3.95. The molecule has 0 unspecified atom stereocenters. The normalized spacial score (nSPS) is 22.9. The lowest BCUT2D eigenvalue weighted by Crippen LogP contribution is -2.45. The van der Waals surface area contributed by atoms with Crippen molar-refractivity contribution in [1.82, 2.24) is 10.2 Å². The van der Waals surface area contributed by atoms with Crippen LogP contribution in [0.3, 0.4) is 0 Å². The summed E-state index contributed by atoms with van der Waals surface area (Å²) in [7, 11) is 0. The van der Waals surface area contributed by atoms with Gasteiger partial charge < -0.3 is 14.4 Å². The summed E-state index contributed by atoms with van der Waals surface area (Å²) < 4.78 is 33.6. The molecule has 2 amide bonds. The Morgan fingerprint density at radius 3 is 2.32 bits per heavy atom. The van der Waals surface area contributed by atoms with E-state index in [1.165, 1.54) is 0 Å². The molecular formula is C20H35N3O5. The highest BCUT2D eigenvalue weighted by Crippen LogP contribution is 2.11. The molecule has 8 heteroatoms. The Labute approximate surface area is 172 Å². The number of nitrogens with one attached hydrogen (secondary N) is 1. The minimum Gasteiger partial charge on any atom is -0.464 e. The number of carbonyl (C=O) groups excluding carboxylic acids is 3. The highest BCUT2D eigenvalue weighted by molar-refractivity contribution is 6.01. The topological polar surface area (TPSA) is 97.3 Å². The Kier molecular flexibility index (Phi) is 8.48. The van der Waals surface area contributed by atoms with Crippen molar-refractivity contribution >= 4 is 23.9 Å². The van der Waals surface area contributed by atoms with Crippen LogP contribution in [0.1, 0.15) is 82.7 Å². The molecule has 28 heavy (non-hydrogen) atoms. The fourth-order valence-corrected chi connectivity index (χ4v) is 2.60. The summed E-state index contributed by atoms with van der Waals surface area (Å²) >= 11 is 0. The first kappa shape index (κ1) is 19.2. The molecule has 1 fully saturated rings. The number of likely N-dealkylation sites (N-methyl/N-ethyl adjacent to an activating group) is 1. The number of cyclic esters (lactones) is 1. The van der Waals surface area contributed by atoms with Crippen LogP contribution >= 0.6 is 0 Å². The van der Waals surface area contributed by atoms with Gasteiger partial charge in [0.1, 0.15) is 12.1 Å². The Bertz CT molecular complexity index is 645. The summed E-state index contributed by atoms with van der Waals surface area (Å²) in [6, 6.07) is 0. The maximum absolute atomic E-state index is 12.4. The van der Waals surface area contributed by atoms with Gasteiger partial charge in [0.2, 0.25) is 11.9 Å². The molecule has 0 atom stereocenters. The monoisotopic (exact) mass is 400 g/mol. The molecule has 0 aromatic carbocycles. The van der Waals surface area contributed by atoms with Gasteiger partial charge in [-0.05, 0) is 33.6 Å². The van der Waals surface area contributed by atoms with Gasteiger partial charge in [-0.25, -0.2) is 4.79 Å². The van der Waals surface area contributed by atoms with E-state index >= 15 is 0 Å². The maximum atomic E-state index is 12.4. The summed E-state index contributed by atoms with van der Waals surface area (Å²) in [5.74, 6) is -1.83. The Morgan fingerprint density at radius 1 is 1.11 bits per heavy atom. The van der Waals surface area contributed by atoms with Crippen molar-refractivity contribution in [2.45, 2.75) is 84.2 Å². The van der Waals surface area contributed by atoms with Crippen molar-refractivity contribution in [2.75, 3.05) is 20.1 Å². The highest BCUT2D eigenvalue weighted by Gasteiger charge is 2.20. The molecule has 1 heterocycles. The fourth-order valence-electron chi connectivity index (χ4n) is 2.60. The van der Waals surface area contributed by atoms with Crippen LogP contribution in [0.25, 0.3) is 0 Å². The van der Waals surface area contributed by atoms with Gasteiger partial charge in [-0.3, -0.25) is 14.9 Å². The second-order valence-corrected chi connectivity index (χ2v) is 7.85. The van der Waals surface area contributed by atoms with Crippen molar-refractivity contribution < 1.29 is 28.0 Å². The molecule has 0 aromatic rings. The van der Waals surface area contributed by atoms with Crippen molar-refractivity contribution in [2.24, 2.45) is 4.99 Å². The van der Waals surface area contributed by atoms with E-state index in [9.17, 15) is 14.4 Å². The van der Waals surface area contributed by atoms with Crippen molar-refractivity contribution in [3.8, 4) is 0 Å². The summed E-state index contributed by atoms with van der Waals surface area (Å²) in [4.78, 5) is 41.1. The minimum absolute atomic E-state index is 0.145. The number of carbonyl (C=O) groups is 3. The van der Waals surface area contributed by atoms with E-state index in [0.29, 0.717) is 17.7 Å². The summed E-state index contributed by atoms with van der Waals surface area (Å²) in [5.41, 5.74) is -0.869. The number of aliphatic imine (C=N–C) groups is 1. The van der Waals surface area contributed by atoms with Gasteiger partial charge in [-0.2, -0.15) is 0 Å². The minimum atomic E-state index is -2.85. The molecule has 1 N–H and O–H groups in total. The predicted octanol–water partition coefficient (Wildman–Crippen LogP) is 3.39. The van der Waals surface area contributed by atoms with E-state index in [1.54, 1.807) is 20.8 Å². The number of hydrogen-bond donors (Lipinski definition) is 1. The molecule has 0 aromatic heterocycles. The lowest BCUT2D eigenvalue weighted by atomic mass is 10.1. The molecule has 0 radical (unpaired) electrons. The van der Waals surface area contributed by atoms with Crippen LogP contribution in [0.15, 0.2) is 4.99 Å². The lowest BCUT2D eigenvalue weighted by molar-refractivity contribution is -0.144. The van der Waals surface area contributed by atoms with Crippen LogP contribution < -0.4 is 5.32 Å². The van der Waals surface area contributed by atoms with Crippen LogP contribution in [0, 0.1) is 0 Å². The molecular weight excluding hydrogens is 362 g/mol. The summed E-state index contributed by atoms with van der Waals surface area (Å²) in [6.07, 6.45) is 6.37. The molecule has 0 spiro atoms. The summed E-state index contributed by atoms with van der Waals surface area (Å²) in [5, 5.41) is 2.37. The molecule has 0 aliphatic carbocycles. The van der Waals surface area contributed by atoms with Gasteiger partial charge in [-0.1, -0.05) is 38.5 Å². The van der Waals surface area contributed by atoms with E-state index in [2.05, 4.69) is 10.3 Å². The standard InChI is InChI=1S/C20H35N3O5/c1-20(2,3)28-19(26)22-18-21-16(24)13-11-9-7-5-6-8-10-12-14-27-17(25)15-23(18)4/h5-15H2,1-4H3,(H,21,22,24,26)/i4D3. The van der Waals surface area contributed by atoms with Crippen LogP contribution in [0.5, 0.6) is 0 Å². The first-order valence-corrected chi connectivity index (χ1v) is 9.93. The summed E-state index contributed by atoms with van der Waals surface area (Å²) in [6.45, 7) is 1.52. The van der Waals surface area contributed by atoms with Gasteiger partial charge in [0, 0.05) is 17.5 Å². The molecule has 0 saturated carbocycles. The molecule has 8 nitrogen and oxygen atoms in total. The van der Waals surface area contributed by atoms with Crippen molar-refractivity contribution in [3.63, 3.8) is 0 Å². The molecule has 1 saturated heterocycles. The fraction of sp³-hybridized carbons (Fsp3) is 0.800. The quantitative estimate of drug-likeness (QED) is 0.626. The second kappa shape index (κ2) is 12.4. The number of nitrogens with zero attached hydrogens (tertiary/aromatic N) is 2. The number of esters is 1. The third kappa shape index (κ3) is 11.6. The van der Waals surface area contributed by atoms with Gasteiger partial charge in [0.15, 0.2) is 0 Å². The van der Waals surface area contributed by atoms with Crippen molar-refractivity contribution in [3.05, 3.63) is 0 Å². The zero-order valence-electron chi connectivity index (χ0n) is 20.2. The second-order valence-electron chi connectivity index (χ2n) is 7.85. The Morgan fingerprint density at radius 2 is 1.71 bits per heavy atom. The van der Waals surface area contributed by atoms with Crippen molar-refractivity contribution in [1.29, 1.82) is 0 Å². The van der Waals surface area contributed by atoms with E-state index in [4.69, 9.17) is 13.6 Å². The van der Waals surface area contributed by atoms with Gasteiger partial charge in [0.05, 0.1) is 6.61 Å². The molecule has 0 bridgehead atoms. The van der Waals surface area contributed by atoms with Gasteiger partial charge in [-0.15, -0.1) is 4.99 Å². The average Bonchev–Trinajstić information content (AvgIpc) is 2.60. The molecule has 1 rings (SSSR count). The first-order valence-electron chi connectivity index (χ1n) is 11.4. The van der Waals surface area contributed by atoms with E-state index in [-0.39, 0.29) is 13.0 Å². The van der Waals surface area contributed by atoms with Crippen LogP contribution in [0.2, 0.25) is 0 Å². The third-order valence-electron chi connectivity index (χ3n) is 3.95. The number of guanidine groups is 1. The van der Waals surface area contributed by atoms with Crippen LogP contribution in [-0.2, 0) is 19.1 Å². The van der Waals surface area contributed by atoms with Gasteiger partial charge >= 0.3 is 12.1 Å². The van der Waals surface area contributed by atoms with Crippen LogP contribution in [0.4, 0.5) is 4.79 Å². The Hall–Kier alpha value is -2.12. The van der Waals surface area contributed by atoms with E-state index in [0.717, 1.165) is 38.5 Å². The van der Waals surface area contributed by atoms with E-state index in [1.807, 2.05) is 0 Å². The largest absolute Gasteiger partial charge is 0.464 e. The first-order chi connectivity index (χ1) is 14.4. The number of amides is 2. The number of hydrogen-bond acceptors (Lipinski definition) is 5. The zero-order valence-corrected chi connectivity index (χ0v) is 17.2. The zero-order chi connectivity index (χ0) is 23.5. The molecule has 1 aliphatic heterocycles. The van der Waals surface area contributed by atoms with Gasteiger partial charge in [0.25, 0.3) is 0 Å². The lowest BCUT2D eigenvalue weighted by Gasteiger charge is -2.22. The predicted molar refractivity (Wildman–Crippen MR) is 107 cm³/mol. The SMILES string of the molecule is [2H]C([2H])([2H])N1CC(=O)OCCCCCCCCCCC(=O)NC1=NC(=O)OC(C)(C)C. The highest BCUT2D eigenvalue weighted by atomic mass is 16.6.